The van der Waals surface area contributed by atoms with Crippen molar-refractivity contribution in [2.75, 3.05) is 19.5 Å². The van der Waals surface area contributed by atoms with Crippen LogP contribution in [0.15, 0.2) is 36.7 Å². The molecule has 1 unspecified atom stereocenters. The van der Waals surface area contributed by atoms with Gasteiger partial charge in [-0.15, -0.1) is 6.42 Å². The number of carboxylic acids is 1. The smallest absolute Gasteiger partial charge is 0.338 e. The number of imidazole rings is 1. The molecule has 198 valence electrons. The van der Waals surface area contributed by atoms with E-state index in [1.807, 2.05) is 0 Å². The van der Waals surface area contributed by atoms with Crippen LogP contribution in [0.4, 0.5) is 10.2 Å². The lowest BCUT2D eigenvalue weighted by Gasteiger charge is -2.26. The van der Waals surface area contributed by atoms with Crippen molar-refractivity contribution in [2.24, 2.45) is 0 Å². The molecule has 0 fully saturated rings. The Morgan fingerprint density at radius 3 is 2.57 bits per heavy atom. The minimum absolute atomic E-state index is 0.0482. The number of esters is 1. The number of aliphatic carboxylic acids is 1. The number of nitrogen functional groups attached to an aromatic ring is 1. The van der Waals surface area contributed by atoms with Gasteiger partial charge in [0.2, 0.25) is 0 Å². The molecule has 3 aromatic rings. The normalized spacial score (nSPS) is 12.2. The number of ether oxygens (including phenoxy) is 2. The Labute approximate surface area is 215 Å². The van der Waals surface area contributed by atoms with Crippen LogP contribution in [0.1, 0.15) is 55.8 Å². The number of aryl methyl sites for hydroxylation is 1. The average Bonchev–Trinajstić information content (AvgIpc) is 3.31. The second kappa shape index (κ2) is 14.5. The maximum Gasteiger partial charge on any atom is 0.338 e. The van der Waals surface area contributed by atoms with E-state index in [0.29, 0.717) is 17.5 Å². The fraction of sp³-hybridized carbons (Fsp3) is 0.423. The van der Waals surface area contributed by atoms with Crippen molar-refractivity contribution in [1.29, 1.82) is 0 Å². The van der Waals surface area contributed by atoms with Gasteiger partial charge < -0.3 is 24.9 Å². The van der Waals surface area contributed by atoms with Gasteiger partial charge >= 0.3 is 18.0 Å². The van der Waals surface area contributed by atoms with Crippen molar-refractivity contribution in [3.05, 3.63) is 48.3 Å². The number of hydrogen-bond acceptors (Lipinski definition) is 8. The lowest BCUT2D eigenvalue weighted by atomic mass is 10.0. The minimum Gasteiger partial charge on any atom is -0.481 e. The van der Waals surface area contributed by atoms with E-state index < -0.39 is 23.6 Å². The summed E-state index contributed by atoms with van der Waals surface area (Å²) in [6.07, 6.45) is 11.0. The van der Waals surface area contributed by atoms with Crippen molar-refractivity contribution >= 4 is 28.9 Å². The number of nitrogens with zero attached hydrogens (tertiary/aromatic N) is 4. The summed E-state index contributed by atoms with van der Waals surface area (Å²) >= 11 is 0. The number of nitrogens with two attached hydrogens (primary N) is 1. The highest BCUT2D eigenvalue weighted by Gasteiger charge is 2.30. The van der Waals surface area contributed by atoms with Gasteiger partial charge in [-0.25, -0.2) is 9.78 Å². The first-order valence-electron chi connectivity index (χ1n) is 11.9. The monoisotopic (exact) mass is 513 g/mol. The van der Waals surface area contributed by atoms with Gasteiger partial charge in [0.05, 0.1) is 11.9 Å². The zero-order valence-corrected chi connectivity index (χ0v) is 21.0. The maximum absolute atomic E-state index is 13.5. The Kier molecular flexibility index (Phi) is 11.4. The summed E-state index contributed by atoms with van der Waals surface area (Å²) in [6.45, 7) is 2.25. The van der Waals surface area contributed by atoms with Crippen molar-refractivity contribution in [3.63, 3.8) is 0 Å². The van der Waals surface area contributed by atoms with Crippen LogP contribution in [0, 0.1) is 18.4 Å². The van der Waals surface area contributed by atoms with Crippen molar-refractivity contribution in [2.45, 2.75) is 57.6 Å². The topological polar surface area (TPSA) is 142 Å². The van der Waals surface area contributed by atoms with E-state index in [1.54, 1.807) is 34.9 Å². The Hall–Kier alpha value is -4.04. The van der Waals surface area contributed by atoms with E-state index in [0.717, 1.165) is 19.3 Å². The van der Waals surface area contributed by atoms with Gasteiger partial charge in [0.1, 0.15) is 12.1 Å². The van der Waals surface area contributed by atoms with Crippen molar-refractivity contribution in [3.8, 4) is 12.3 Å². The number of anilines is 1. The lowest BCUT2D eigenvalue weighted by Crippen LogP contribution is -2.37. The molecule has 3 N–H and O–H groups in total. The number of carbonyl (C=O) groups is 2. The van der Waals surface area contributed by atoms with Crippen LogP contribution in [-0.4, -0.2) is 55.9 Å². The molecular weight excluding hydrogens is 481 g/mol. The molecule has 37 heavy (non-hydrogen) atoms. The van der Waals surface area contributed by atoms with E-state index in [9.17, 15) is 14.0 Å². The van der Waals surface area contributed by atoms with Gasteiger partial charge in [-0.05, 0) is 18.6 Å². The molecule has 1 aromatic carbocycles. The maximum atomic E-state index is 13.5. The standard InChI is InChI=1S/C19H18FN5O3.C7H14O2/c1-3-19(27-2,11-28-17(26)13-7-5-4-6-8-13)9-10-25-12-22-14-15(21)23-18(20)24-16(14)25;1-2-3-4-5-6-7(8)9/h1,4-8,12H,9-11H2,2H3,(H2,21,23,24);2-6H2,1H3,(H,8,9). The third kappa shape index (κ3) is 8.84. The van der Waals surface area contributed by atoms with Crippen LogP contribution in [-0.2, 0) is 20.8 Å². The van der Waals surface area contributed by atoms with Gasteiger partial charge in [-0.3, -0.25) is 4.79 Å². The van der Waals surface area contributed by atoms with E-state index in [-0.39, 0.29) is 31.0 Å². The van der Waals surface area contributed by atoms with Gasteiger partial charge in [-0.2, -0.15) is 14.4 Å². The summed E-state index contributed by atoms with van der Waals surface area (Å²) in [7, 11) is 1.43. The lowest BCUT2D eigenvalue weighted by molar-refractivity contribution is -0.137. The summed E-state index contributed by atoms with van der Waals surface area (Å²) in [6, 6.07) is 8.55. The molecule has 2 aromatic heterocycles. The van der Waals surface area contributed by atoms with Crippen LogP contribution >= 0.6 is 0 Å². The molecule has 0 aliphatic rings. The third-order valence-electron chi connectivity index (χ3n) is 5.56. The number of halogens is 1. The molecule has 0 bridgehead atoms. The largest absolute Gasteiger partial charge is 0.481 e. The number of fused-ring (bicyclic) bond motifs is 1. The fourth-order valence-electron chi connectivity index (χ4n) is 3.35. The number of aromatic nitrogens is 4. The minimum atomic E-state index is -1.17. The first-order chi connectivity index (χ1) is 17.7. The van der Waals surface area contributed by atoms with E-state index in [1.165, 1.54) is 19.9 Å². The summed E-state index contributed by atoms with van der Waals surface area (Å²) in [4.78, 5) is 33.4. The summed E-state index contributed by atoms with van der Waals surface area (Å²) in [5.74, 6) is 1.31. The number of hydrogen-bond donors (Lipinski definition) is 2. The fourth-order valence-corrected chi connectivity index (χ4v) is 3.35. The van der Waals surface area contributed by atoms with E-state index >= 15 is 0 Å². The van der Waals surface area contributed by atoms with Crippen LogP contribution in [0.3, 0.4) is 0 Å². The van der Waals surface area contributed by atoms with E-state index in [2.05, 4.69) is 27.8 Å². The highest BCUT2D eigenvalue weighted by atomic mass is 19.1. The van der Waals surface area contributed by atoms with E-state index in [4.69, 9.17) is 26.7 Å². The number of terminal acetylenes is 1. The number of methoxy groups -OCH3 is 1. The molecule has 10 nitrogen and oxygen atoms in total. The molecule has 0 spiro atoms. The number of carboxylic acid groups (broad SMARTS) is 1. The van der Waals surface area contributed by atoms with Crippen LogP contribution < -0.4 is 5.73 Å². The quantitative estimate of drug-likeness (QED) is 0.160. The second-order valence-corrected chi connectivity index (χ2v) is 8.23. The molecule has 0 radical (unpaired) electrons. The molecule has 11 heteroatoms. The molecular formula is C26H32FN5O5. The number of rotatable bonds is 12. The molecule has 2 heterocycles. The highest BCUT2D eigenvalue weighted by molar-refractivity contribution is 5.89. The SMILES string of the molecule is C#CC(CCn1cnc2c(N)nc(F)nc21)(COC(=O)c1ccccc1)OC.CCCCCCC(=O)O. The summed E-state index contributed by atoms with van der Waals surface area (Å²) in [5.41, 5.74) is 5.44. The average molecular weight is 514 g/mol. The first-order valence-corrected chi connectivity index (χ1v) is 11.9. The van der Waals surface area contributed by atoms with Gasteiger partial charge in [0.15, 0.2) is 17.1 Å². The van der Waals surface area contributed by atoms with Crippen LogP contribution in [0.25, 0.3) is 11.2 Å². The Bertz CT molecular complexity index is 1210. The van der Waals surface area contributed by atoms with Crippen molar-refractivity contribution in [1.82, 2.24) is 19.5 Å². The third-order valence-corrected chi connectivity index (χ3v) is 5.56. The van der Waals surface area contributed by atoms with Crippen LogP contribution in [0.2, 0.25) is 0 Å². The first kappa shape index (κ1) is 29.2. The molecule has 0 aliphatic heterocycles. The number of unbranched alkanes of at least 4 members (excludes halogenated alkanes) is 3. The predicted molar refractivity (Wildman–Crippen MR) is 136 cm³/mol. The predicted octanol–water partition coefficient (Wildman–Crippen LogP) is 3.85. The summed E-state index contributed by atoms with van der Waals surface area (Å²) in [5, 5.41) is 8.21. The number of benzene rings is 1. The molecule has 0 saturated carbocycles. The number of carbonyl (C=O) groups excluding carboxylic acids is 1. The van der Waals surface area contributed by atoms with Gasteiger partial charge in [-0.1, -0.05) is 50.3 Å². The molecule has 3 rings (SSSR count). The Morgan fingerprint density at radius 1 is 1.22 bits per heavy atom. The summed E-state index contributed by atoms with van der Waals surface area (Å²) < 4.78 is 25.8. The highest BCUT2D eigenvalue weighted by Crippen LogP contribution is 2.21. The van der Waals surface area contributed by atoms with Gasteiger partial charge in [0.25, 0.3) is 0 Å². The van der Waals surface area contributed by atoms with Gasteiger partial charge in [0, 0.05) is 26.5 Å². The Morgan fingerprint density at radius 2 is 1.95 bits per heavy atom. The molecule has 0 aliphatic carbocycles. The zero-order valence-electron chi connectivity index (χ0n) is 21.0. The molecule has 1 atom stereocenters. The molecule has 0 saturated heterocycles. The Balaban J connectivity index is 0.000000458. The second-order valence-electron chi connectivity index (χ2n) is 8.23. The van der Waals surface area contributed by atoms with Crippen LogP contribution in [0.5, 0.6) is 0 Å². The molecule has 0 amide bonds. The zero-order chi connectivity index (χ0) is 27.3. The van der Waals surface area contributed by atoms with Crippen molar-refractivity contribution < 1.29 is 28.6 Å².